The van der Waals surface area contributed by atoms with Crippen LogP contribution in [-0.2, 0) is 10.0 Å². The van der Waals surface area contributed by atoms with Crippen molar-refractivity contribution in [2.75, 3.05) is 11.0 Å². The molecule has 0 saturated carbocycles. The SMILES string of the molecule is C[C@@H](NC(N)=S)c1ccc(NS(C)(=O)=O)c(F)c1. The molecule has 0 spiro atoms. The van der Waals surface area contributed by atoms with Crippen LogP contribution in [0.15, 0.2) is 18.2 Å². The molecule has 0 saturated heterocycles. The summed E-state index contributed by atoms with van der Waals surface area (Å²) in [5, 5.41) is 2.87. The van der Waals surface area contributed by atoms with Crippen molar-refractivity contribution in [2.45, 2.75) is 13.0 Å². The minimum absolute atomic E-state index is 0.0937. The first-order valence-electron chi connectivity index (χ1n) is 5.02. The van der Waals surface area contributed by atoms with E-state index in [-0.39, 0.29) is 16.8 Å². The third-order valence-corrected chi connectivity index (χ3v) is 2.86. The number of anilines is 1. The first-order chi connectivity index (χ1) is 8.19. The lowest BCUT2D eigenvalue weighted by Crippen LogP contribution is -2.31. The highest BCUT2D eigenvalue weighted by molar-refractivity contribution is 7.92. The van der Waals surface area contributed by atoms with Crippen molar-refractivity contribution < 1.29 is 12.8 Å². The number of nitrogens with two attached hydrogens (primary N) is 1. The van der Waals surface area contributed by atoms with E-state index in [2.05, 4.69) is 22.3 Å². The minimum Gasteiger partial charge on any atom is -0.376 e. The van der Waals surface area contributed by atoms with E-state index in [0.29, 0.717) is 5.56 Å². The molecule has 0 bridgehead atoms. The molecular formula is C10H14FN3O2S2. The van der Waals surface area contributed by atoms with Gasteiger partial charge in [-0.3, -0.25) is 4.72 Å². The molecule has 0 aromatic heterocycles. The lowest BCUT2D eigenvalue weighted by molar-refractivity contribution is 0.602. The lowest BCUT2D eigenvalue weighted by Gasteiger charge is -2.15. The van der Waals surface area contributed by atoms with Gasteiger partial charge >= 0.3 is 0 Å². The smallest absolute Gasteiger partial charge is 0.229 e. The van der Waals surface area contributed by atoms with E-state index in [1.165, 1.54) is 12.1 Å². The van der Waals surface area contributed by atoms with Crippen LogP contribution in [0.2, 0.25) is 0 Å². The molecule has 0 unspecified atom stereocenters. The fourth-order valence-electron chi connectivity index (χ4n) is 1.38. The van der Waals surface area contributed by atoms with Crippen molar-refractivity contribution in [1.82, 2.24) is 5.32 Å². The van der Waals surface area contributed by atoms with Gasteiger partial charge in [0, 0.05) is 0 Å². The molecule has 0 aliphatic carbocycles. The largest absolute Gasteiger partial charge is 0.376 e. The van der Waals surface area contributed by atoms with E-state index in [1.54, 1.807) is 13.0 Å². The van der Waals surface area contributed by atoms with Gasteiger partial charge in [-0.2, -0.15) is 0 Å². The summed E-state index contributed by atoms with van der Waals surface area (Å²) in [6.07, 6.45) is 0.956. The Bertz CT molecular complexity index is 560. The minimum atomic E-state index is -3.50. The van der Waals surface area contributed by atoms with E-state index in [9.17, 15) is 12.8 Å². The van der Waals surface area contributed by atoms with Crippen LogP contribution < -0.4 is 15.8 Å². The Balaban J connectivity index is 2.95. The molecule has 1 aromatic rings. The van der Waals surface area contributed by atoms with Crippen LogP contribution in [0, 0.1) is 5.82 Å². The highest BCUT2D eigenvalue weighted by atomic mass is 32.2. The number of rotatable bonds is 4. The summed E-state index contributed by atoms with van der Waals surface area (Å²) < 4.78 is 37.7. The predicted octanol–water partition coefficient (Wildman–Crippen LogP) is 1.09. The molecule has 4 N–H and O–H groups in total. The van der Waals surface area contributed by atoms with Crippen molar-refractivity contribution in [3.05, 3.63) is 29.6 Å². The average Bonchev–Trinajstić information content (AvgIpc) is 2.18. The standard InChI is InChI=1S/C10H14FN3O2S2/c1-6(13-10(12)17)7-3-4-9(8(11)5-7)14-18(2,15)16/h3-6,14H,1-2H3,(H3,12,13,17)/t6-/m1/s1. The Morgan fingerprint density at radius 2 is 2.11 bits per heavy atom. The van der Waals surface area contributed by atoms with Crippen LogP contribution in [0.1, 0.15) is 18.5 Å². The first-order valence-corrected chi connectivity index (χ1v) is 7.32. The van der Waals surface area contributed by atoms with Gasteiger partial charge in [-0.15, -0.1) is 0 Å². The second kappa shape index (κ2) is 5.49. The number of nitrogens with one attached hydrogen (secondary N) is 2. The summed E-state index contributed by atoms with van der Waals surface area (Å²) in [4.78, 5) is 0. The topological polar surface area (TPSA) is 84.2 Å². The van der Waals surface area contributed by atoms with Crippen molar-refractivity contribution in [1.29, 1.82) is 0 Å². The highest BCUT2D eigenvalue weighted by Crippen LogP contribution is 2.20. The molecular weight excluding hydrogens is 277 g/mol. The molecule has 0 fully saturated rings. The van der Waals surface area contributed by atoms with E-state index >= 15 is 0 Å². The van der Waals surface area contributed by atoms with E-state index in [0.717, 1.165) is 6.26 Å². The first kappa shape index (κ1) is 14.7. The van der Waals surface area contributed by atoms with E-state index in [1.807, 2.05) is 0 Å². The highest BCUT2D eigenvalue weighted by Gasteiger charge is 2.11. The van der Waals surface area contributed by atoms with Crippen LogP contribution in [0.4, 0.5) is 10.1 Å². The van der Waals surface area contributed by atoms with Crippen molar-refractivity contribution >= 4 is 33.0 Å². The summed E-state index contributed by atoms with van der Waals surface area (Å²) in [6.45, 7) is 1.76. The van der Waals surface area contributed by atoms with Crippen LogP contribution in [0.5, 0.6) is 0 Å². The van der Waals surface area contributed by atoms with Crippen molar-refractivity contribution in [2.24, 2.45) is 5.73 Å². The maximum atomic E-state index is 13.7. The van der Waals surface area contributed by atoms with Crippen LogP contribution in [-0.4, -0.2) is 19.8 Å². The number of benzene rings is 1. The predicted molar refractivity (Wildman–Crippen MR) is 73.2 cm³/mol. The van der Waals surface area contributed by atoms with Crippen molar-refractivity contribution in [3.8, 4) is 0 Å². The summed E-state index contributed by atoms with van der Waals surface area (Å²) >= 11 is 4.68. The number of halogens is 1. The Hall–Kier alpha value is -1.41. The summed E-state index contributed by atoms with van der Waals surface area (Å²) in [5.74, 6) is -0.658. The van der Waals surface area contributed by atoms with Gasteiger partial charge in [0.25, 0.3) is 0 Å². The molecule has 8 heteroatoms. The molecule has 1 rings (SSSR count). The van der Waals surface area contributed by atoms with Crippen LogP contribution >= 0.6 is 12.2 Å². The van der Waals surface area contributed by atoms with Gasteiger partial charge in [-0.05, 0) is 36.8 Å². The number of sulfonamides is 1. The Kier molecular flexibility index (Phi) is 4.47. The zero-order valence-electron chi connectivity index (χ0n) is 9.90. The number of hydrogen-bond donors (Lipinski definition) is 3. The second-order valence-electron chi connectivity index (χ2n) is 3.84. The Labute approximate surface area is 111 Å². The second-order valence-corrected chi connectivity index (χ2v) is 6.03. The lowest BCUT2D eigenvalue weighted by atomic mass is 10.1. The monoisotopic (exact) mass is 291 g/mol. The van der Waals surface area contributed by atoms with Gasteiger partial charge in [0.2, 0.25) is 10.0 Å². The molecule has 0 amide bonds. The summed E-state index contributed by atoms with van der Waals surface area (Å²) in [5.41, 5.74) is 5.83. The normalized spacial score (nSPS) is 12.8. The quantitative estimate of drug-likeness (QED) is 0.723. The maximum Gasteiger partial charge on any atom is 0.229 e. The summed E-state index contributed by atoms with van der Waals surface area (Å²) in [7, 11) is -3.50. The van der Waals surface area contributed by atoms with Gasteiger partial charge in [-0.1, -0.05) is 6.07 Å². The number of thiocarbonyl (C=S) groups is 1. The van der Waals surface area contributed by atoms with Crippen LogP contribution in [0.3, 0.4) is 0 Å². The third-order valence-electron chi connectivity index (χ3n) is 2.15. The van der Waals surface area contributed by atoms with Gasteiger partial charge in [0.15, 0.2) is 5.11 Å². The van der Waals surface area contributed by atoms with Gasteiger partial charge < -0.3 is 11.1 Å². The molecule has 0 heterocycles. The van der Waals surface area contributed by atoms with Gasteiger partial charge in [0.05, 0.1) is 18.0 Å². The zero-order chi connectivity index (χ0) is 13.9. The van der Waals surface area contributed by atoms with Gasteiger partial charge in [-0.25, -0.2) is 12.8 Å². The Morgan fingerprint density at radius 3 is 2.56 bits per heavy atom. The van der Waals surface area contributed by atoms with E-state index in [4.69, 9.17) is 5.73 Å². The maximum absolute atomic E-state index is 13.7. The van der Waals surface area contributed by atoms with E-state index < -0.39 is 15.8 Å². The van der Waals surface area contributed by atoms with Crippen LogP contribution in [0.25, 0.3) is 0 Å². The molecule has 5 nitrogen and oxygen atoms in total. The molecule has 1 atom stereocenters. The molecule has 0 aliphatic heterocycles. The third kappa shape index (κ3) is 4.46. The molecule has 18 heavy (non-hydrogen) atoms. The Morgan fingerprint density at radius 1 is 1.50 bits per heavy atom. The molecule has 0 aliphatic rings. The van der Waals surface area contributed by atoms with Gasteiger partial charge in [0.1, 0.15) is 5.82 Å². The van der Waals surface area contributed by atoms with Crippen molar-refractivity contribution in [3.63, 3.8) is 0 Å². The molecule has 0 radical (unpaired) electrons. The number of hydrogen-bond acceptors (Lipinski definition) is 3. The molecule has 1 aromatic carbocycles. The fourth-order valence-corrected chi connectivity index (χ4v) is 2.12. The average molecular weight is 291 g/mol. The summed E-state index contributed by atoms with van der Waals surface area (Å²) in [6, 6.07) is 3.91. The zero-order valence-corrected chi connectivity index (χ0v) is 11.5. The fraction of sp³-hybridized carbons (Fsp3) is 0.300. The molecule has 100 valence electrons.